The number of H-pyrrole nitrogens is 1. The highest BCUT2D eigenvalue weighted by Crippen LogP contribution is 2.23. The first-order valence-electron chi connectivity index (χ1n) is 10.3. The first-order valence-corrected chi connectivity index (χ1v) is 10.3. The van der Waals surface area contributed by atoms with Crippen LogP contribution in [0.25, 0.3) is 16.9 Å². The van der Waals surface area contributed by atoms with Gasteiger partial charge < -0.3 is 4.74 Å². The van der Waals surface area contributed by atoms with E-state index in [1.807, 2.05) is 80.1 Å². The molecule has 0 saturated heterocycles. The van der Waals surface area contributed by atoms with Crippen LogP contribution in [0.4, 0.5) is 0 Å². The van der Waals surface area contributed by atoms with E-state index in [0.717, 1.165) is 34.0 Å². The van der Waals surface area contributed by atoms with Gasteiger partial charge in [0, 0.05) is 11.1 Å². The molecule has 0 aliphatic heterocycles. The number of nitrogens with one attached hydrogen (secondary N) is 2. The van der Waals surface area contributed by atoms with Crippen molar-refractivity contribution in [2.75, 3.05) is 6.61 Å². The van der Waals surface area contributed by atoms with Gasteiger partial charge in [-0.3, -0.25) is 9.89 Å². The van der Waals surface area contributed by atoms with Crippen LogP contribution in [0.1, 0.15) is 34.4 Å². The Morgan fingerprint density at radius 1 is 1.16 bits per heavy atom. The average molecular weight is 428 g/mol. The highest BCUT2D eigenvalue weighted by atomic mass is 16.5. The second-order valence-electron chi connectivity index (χ2n) is 7.16. The van der Waals surface area contributed by atoms with E-state index in [1.165, 1.54) is 0 Å². The molecule has 0 spiro atoms. The minimum absolute atomic E-state index is 0.312. The Kier molecular flexibility index (Phi) is 6.12. The van der Waals surface area contributed by atoms with Gasteiger partial charge in [-0.1, -0.05) is 30.3 Å². The van der Waals surface area contributed by atoms with E-state index in [1.54, 1.807) is 12.3 Å². The fourth-order valence-corrected chi connectivity index (χ4v) is 3.38. The Hall–Kier alpha value is -4.20. The van der Waals surface area contributed by atoms with Crippen LogP contribution in [-0.2, 0) is 0 Å². The molecule has 0 bridgehead atoms. The third-order valence-corrected chi connectivity index (χ3v) is 4.97. The van der Waals surface area contributed by atoms with Gasteiger partial charge in [0.2, 0.25) is 0 Å². The molecule has 2 N–H and O–H groups in total. The lowest BCUT2D eigenvalue weighted by atomic mass is 10.1. The first kappa shape index (κ1) is 21.0. The Morgan fingerprint density at radius 3 is 2.75 bits per heavy atom. The number of carbonyl (C=O) groups is 1. The molecule has 0 fully saturated rings. The number of nitrogens with zero attached hydrogens (tertiary/aromatic N) is 4. The van der Waals surface area contributed by atoms with E-state index in [2.05, 4.69) is 25.8 Å². The van der Waals surface area contributed by atoms with E-state index in [0.29, 0.717) is 18.0 Å². The van der Waals surface area contributed by atoms with Crippen molar-refractivity contribution in [2.24, 2.45) is 5.10 Å². The predicted octanol–water partition coefficient (Wildman–Crippen LogP) is 4.04. The molecular formula is C24H24N6O2. The van der Waals surface area contributed by atoms with Gasteiger partial charge in [-0.2, -0.15) is 15.3 Å². The van der Waals surface area contributed by atoms with Crippen LogP contribution in [-0.4, -0.2) is 38.7 Å². The van der Waals surface area contributed by atoms with E-state index >= 15 is 0 Å². The summed E-state index contributed by atoms with van der Waals surface area (Å²) in [5, 5.41) is 15.7. The fraction of sp³-hybridized carbons (Fsp3) is 0.167. The average Bonchev–Trinajstić information content (AvgIpc) is 3.41. The summed E-state index contributed by atoms with van der Waals surface area (Å²) in [5.74, 6) is 0.372. The smallest absolute Gasteiger partial charge is 0.289 e. The van der Waals surface area contributed by atoms with Gasteiger partial charge >= 0.3 is 0 Å². The second-order valence-corrected chi connectivity index (χ2v) is 7.16. The van der Waals surface area contributed by atoms with Crippen LogP contribution < -0.4 is 10.2 Å². The van der Waals surface area contributed by atoms with Gasteiger partial charge in [0.15, 0.2) is 0 Å². The summed E-state index contributed by atoms with van der Waals surface area (Å²) < 4.78 is 7.38. The number of rotatable bonds is 7. The monoisotopic (exact) mass is 428 g/mol. The van der Waals surface area contributed by atoms with E-state index in [4.69, 9.17) is 4.74 Å². The predicted molar refractivity (Wildman–Crippen MR) is 123 cm³/mol. The molecule has 8 nitrogen and oxygen atoms in total. The molecule has 1 amide bonds. The standard InChI is InChI=1S/C24H24N6O2/c1-4-32-20-12-8-9-18(13-20)22-14-23(27-26-22)24(31)28-25-15-21-16(2)29-30(17(21)3)19-10-6-5-7-11-19/h5-15H,4H2,1-3H3,(H,26,27)(H,28,31). The summed E-state index contributed by atoms with van der Waals surface area (Å²) in [7, 11) is 0. The zero-order valence-electron chi connectivity index (χ0n) is 18.2. The minimum atomic E-state index is -0.383. The number of ether oxygens (including phenoxy) is 1. The molecule has 32 heavy (non-hydrogen) atoms. The molecule has 2 heterocycles. The number of aromatic amines is 1. The van der Waals surface area contributed by atoms with Crippen LogP contribution in [0.2, 0.25) is 0 Å². The van der Waals surface area contributed by atoms with Gasteiger partial charge in [-0.25, -0.2) is 10.1 Å². The Bertz CT molecular complexity index is 1260. The van der Waals surface area contributed by atoms with E-state index < -0.39 is 0 Å². The van der Waals surface area contributed by atoms with Crippen molar-refractivity contribution in [2.45, 2.75) is 20.8 Å². The molecule has 2 aromatic heterocycles. The molecule has 2 aromatic carbocycles. The highest BCUT2D eigenvalue weighted by molar-refractivity contribution is 5.94. The molecule has 0 aliphatic carbocycles. The number of aromatic nitrogens is 4. The number of hydrogen-bond donors (Lipinski definition) is 2. The summed E-state index contributed by atoms with van der Waals surface area (Å²) in [6.45, 7) is 6.39. The molecule has 0 saturated carbocycles. The van der Waals surface area contributed by atoms with Gasteiger partial charge in [-0.05, 0) is 51.1 Å². The zero-order chi connectivity index (χ0) is 22.5. The van der Waals surface area contributed by atoms with Crippen molar-refractivity contribution in [1.29, 1.82) is 0 Å². The van der Waals surface area contributed by atoms with Crippen LogP contribution in [0.5, 0.6) is 5.75 Å². The number of hydrazone groups is 1. The van der Waals surface area contributed by atoms with E-state index in [-0.39, 0.29) is 5.91 Å². The quantitative estimate of drug-likeness (QED) is 0.343. The number of hydrogen-bond acceptors (Lipinski definition) is 5. The van der Waals surface area contributed by atoms with Crippen LogP contribution >= 0.6 is 0 Å². The number of para-hydroxylation sites is 1. The van der Waals surface area contributed by atoms with Gasteiger partial charge in [-0.15, -0.1) is 0 Å². The molecule has 162 valence electrons. The van der Waals surface area contributed by atoms with Crippen molar-refractivity contribution >= 4 is 12.1 Å². The second kappa shape index (κ2) is 9.30. The number of aryl methyl sites for hydroxylation is 1. The summed E-state index contributed by atoms with van der Waals surface area (Å²) in [6.07, 6.45) is 1.61. The van der Waals surface area contributed by atoms with Crippen LogP contribution in [0, 0.1) is 13.8 Å². The molecular weight excluding hydrogens is 404 g/mol. The van der Waals surface area contributed by atoms with Crippen LogP contribution in [0.15, 0.2) is 65.8 Å². The van der Waals surface area contributed by atoms with Gasteiger partial charge in [0.25, 0.3) is 5.91 Å². The topological polar surface area (TPSA) is 97.2 Å². The zero-order valence-corrected chi connectivity index (χ0v) is 18.2. The highest BCUT2D eigenvalue weighted by Gasteiger charge is 2.13. The molecule has 0 aliphatic rings. The lowest BCUT2D eigenvalue weighted by molar-refractivity contribution is 0.0950. The fourth-order valence-electron chi connectivity index (χ4n) is 3.38. The van der Waals surface area contributed by atoms with Crippen molar-refractivity contribution in [1.82, 2.24) is 25.4 Å². The summed E-state index contributed by atoms with van der Waals surface area (Å²) in [6, 6.07) is 19.1. The van der Waals surface area contributed by atoms with Crippen molar-refractivity contribution in [3.8, 4) is 22.7 Å². The summed E-state index contributed by atoms with van der Waals surface area (Å²) in [4.78, 5) is 12.5. The third-order valence-electron chi connectivity index (χ3n) is 4.97. The molecule has 4 aromatic rings. The number of carbonyl (C=O) groups excluding carboxylic acids is 1. The molecule has 0 atom stereocenters. The maximum absolute atomic E-state index is 12.5. The summed E-state index contributed by atoms with van der Waals surface area (Å²) >= 11 is 0. The Morgan fingerprint density at radius 2 is 1.97 bits per heavy atom. The van der Waals surface area contributed by atoms with Crippen molar-refractivity contribution in [3.63, 3.8) is 0 Å². The Labute approximate surface area is 185 Å². The molecule has 8 heteroatoms. The lowest BCUT2D eigenvalue weighted by Gasteiger charge is -2.03. The minimum Gasteiger partial charge on any atom is -0.494 e. The normalized spacial score (nSPS) is 11.1. The molecule has 0 radical (unpaired) electrons. The third kappa shape index (κ3) is 4.44. The first-order chi connectivity index (χ1) is 15.6. The Balaban J connectivity index is 1.46. The van der Waals surface area contributed by atoms with E-state index in [9.17, 15) is 4.79 Å². The molecule has 4 rings (SSSR count). The summed E-state index contributed by atoms with van der Waals surface area (Å²) in [5.41, 5.74) is 7.94. The molecule has 0 unspecified atom stereocenters. The maximum Gasteiger partial charge on any atom is 0.289 e. The lowest BCUT2D eigenvalue weighted by Crippen LogP contribution is -2.18. The maximum atomic E-state index is 12.5. The largest absolute Gasteiger partial charge is 0.494 e. The van der Waals surface area contributed by atoms with Gasteiger partial charge in [0.1, 0.15) is 11.4 Å². The SMILES string of the molecule is CCOc1cccc(-c2cc(C(=O)NN=Cc3c(C)nn(-c4ccccc4)c3C)[nH]n2)c1. The number of benzene rings is 2. The van der Waals surface area contributed by atoms with Crippen molar-refractivity contribution < 1.29 is 9.53 Å². The van der Waals surface area contributed by atoms with Gasteiger partial charge in [0.05, 0.1) is 35.6 Å². The van der Waals surface area contributed by atoms with Crippen LogP contribution in [0.3, 0.4) is 0 Å². The van der Waals surface area contributed by atoms with Crippen molar-refractivity contribution in [3.05, 3.63) is 83.3 Å². The number of amides is 1.